The first-order valence-corrected chi connectivity index (χ1v) is 5.47. The Hall–Kier alpha value is -0.980. The van der Waals surface area contributed by atoms with E-state index in [9.17, 15) is 9.59 Å². The molecule has 0 aliphatic heterocycles. The van der Waals surface area contributed by atoms with Crippen LogP contribution in [0.5, 0.6) is 0 Å². The van der Waals surface area contributed by atoms with Gasteiger partial charge < -0.3 is 40.9 Å². The Morgan fingerprint density at radius 1 is 0.650 bits per heavy atom. The molecule has 0 radical (unpaired) electrons. The summed E-state index contributed by atoms with van der Waals surface area (Å²) in [5, 5.41) is 67.2. The van der Waals surface area contributed by atoms with Crippen LogP contribution in [0.3, 0.4) is 0 Å². The molecule has 0 saturated carbocycles. The van der Waals surface area contributed by atoms with Crippen molar-refractivity contribution in [1.29, 1.82) is 0 Å². The molecule has 0 aromatic rings. The van der Waals surface area contributed by atoms with Crippen molar-refractivity contribution in [2.45, 2.75) is 24.4 Å². The quantitative estimate of drug-likeness (QED) is 0.214. The van der Waals surface area contributed by atoms with Crippen molar-refractivity contribution in [3.8, 4) is 0 Å². The van der Waals surface area contributed by atoms with Gasteiger partial charge in [-0.15, -0.1) is 0 Å². The van der Waals surface area contributed by atoms with Crippen LogP contribution in [-0.4, -0.2) is 103 Å². The van der Waals surface area contributed by atoms with Crippen LogP contribution < -0.4 is 0 Å². The van der Waals surface area contributed by atoms with Crippen molar-refractivity contribution in [1.82, 2.24) is 0 Å². The molecule has 0 heterocycles. The van der Waals surface area contributed by atoms with Crippen LogP contribution in [0, 0.1) is 0 Å². The molecule has 0 aliphatic carbocycles. The van der Waals surface area contributed by atoms with Crippen molar-refractivity contribution in [2.24, 2.45) is 0 Å². The fraction of sp³-hybridized carbons (Fsp3) is 0.800. The molecule has 20 heavy (non-hydrogen) atoms. The topological polar surface area (TPSA) is 196 Å². The van der Waals surface area contributed by atoms with Crippen molar-refractivity contribution in [2.75, 3.05) is 26.4 Å². The molecule has 4 atom stereocenters. The van der Waals surface area contributed by atoms with Crippen LogP contribution in [0.2, 0.25) is 0 Å². The number of aliphatic hydroxyl groups is 8. The maximum atomic E-state index is 10.3. The molecule has 0 spiro atoms. The standard InChI is InChI=1S/2C5H10O5/c2*6-1-3(8)5(10)4(9)2-7/h2*3,5-8,10H,1-2H2/t3-,5+;3-,5-/m11/s1. The third kappa shape index (κ3) is 8.24. The van der Waals surface area contributed by atoms with Gasteiger partial charge in [-0.3, -0.25) is 9.59 Å². The summed E-state index contributed by atoms with van der Waals surface area (Å²) in [6, 6.07) is 0. The normalized spacial score (nSPS) is 16.4. The number of Topliss-reactive ketones (excluding diaryl/α,β-unsaturated/α-hetero) is 2. The molecule has 0 aliphatic rings. The van der Waals surface area contributed by atoms with Gasteiger partial charge >= 0.3 is 0 Å². The summed E-state index contributed by atoms with van der Waals surface area (Å²) in [5.74, 6) is -1.80. The number of aliphatic hydroxyl groups excluding tert-OH is 8. The number of hydrogen-bond acceptors (Lipinski definition) is 10. The maximum Gasteiger partial charge on any atom is 0.189 e. The highest BCUT2D eigenvalue weighted by atomic mass is 16.4. The van der Waals surface area contributed by atoms with Crippen LogP contribution in [0.1, 0.15) is 0 Å². The summed E-state index contributed by atoms with van der Waals surface area (Å²) in [6.07, 6.45) is -6.37. The number of hydrogen-bond donors (Lipinski definition) is 8. The highest BCUT2D eigenvalue weighted by Crippen LogP contribution is 1.93. The molecule has 0 rings (SSSR count). The highest BCUT2D eigenvalue weighted by molar-refractivity contribution is 5.84. The van der Waals surface area contributed by atoms with Gasteiger partial charge in [0, 0.05) is 0 Å². The predicted octanol–water partition coefficient (Wildman–Crippen LogP) is -5.48. The molecule has 0 fully saturated rings. The number of carbonyl (C=O) groups is 2. The lowest BCUT2D eigenvalue weighted by atomic mass is 10.1. The minimum absolute atomic E-state index is 0.701. The molecule has 0 amide bonds. The maximum absolute atomic E-state index is 10.3. The third-order valence-electron chi connectivity index (χ3n) is 2.07. The van der Waals surface area contributed by atoms with Gasteiger partial charge in [-0.05, 0) is 0 Å². The summed E-state index contributed by atoms with van der Waals surface area (Å²) < 4.78 is 0. The summed E-state index contributed by atoms with van der Waals surface area (Å²) in [6.45, 7) is -3.07. The zero-order valence-corrected chi connectivity index (χ0v) is 10.5. The van der Waals surface area contributed by atoms with E-state index in [1.54, 1.807) is 0 Å². The van der Waals surface area contributed by atoms with Gasteiger partial charge in [-0.25, -0.2) is 0 Å². The Kier molecular flexibility index (Phi) is 12.6. The summed E-state index contributed by atoms with van der Waals surface area (Å²) in [4.78, 5) is 20.7. The highest BCUT2D eigenvalue weighted by Gasteiger charge is 2.22. The summed E-state index contributed by atoms with van der Waals surface area (Å²) in [7, 11) is 0. The Balaban J connectivity index is 0. The van der Waals surface area contributed by atoms with Gasteiger partial charge in [0.2, 0.25) is 0 Å². The number of ketones is 2. The van der Waals surface area contributed by atoms with E-state index in [1.807, 2.05) is 0 Å². The molecule has 10 heteroatoms. The van der Waals surface area contributed by atoms with Crippen molar-refractivity contribution < 1.29 is 50.4 Å². The molecular formula is C10H20O10. The zero-order chi connectivity index (χ0) is 16.3. The summed E-state index contributed by atoms with van der Waals surface area (Å²) >= 11 is 0. The third-order valence-corrected chi connectivity index (χ3v) is 2.07. The van der Waals surface area contributed by atoms with Crippen LogP contribution in [0.25, 0.3) is 0 Å². The van der Waals surface area contributed by atoms with E-state index in [-0.39, 0.29) is 0 Å². The minimum Gasteiger partial charge on any atom is -0.394 e. The van der Waals surface area contributed by atoms with E-state index in [0.717, 1.165) is 0 Å². The average Bonchev–Trinajstić information content (AvgIpc) is 2.50. The van der Waals surface area contributed by atoms with E-state index < -0.39 is 62.4 Å². The smallest absolute Gasteiger partial charge is 0.189 e. The lowest BCUT2D eigenvalue weighted by Crippen LogP contribution is -2.37. The number of rotatable bonds is 8. The average molecular weight is 300 g/mol. The molecule has 0 bridgehead atoms. The molecule has 8 N–H and O–H groups in total. The second kappa shape index (κ2) is 11.8. The second-order valence-corrected chi connectivity index (χ2v) is 3.64. The Labute approximate surface area is 114 Å². The van der Waals surface area contributed by atoms with Gasteiger partial charge in [-0.2, -0.15) is 0 Å². The molecule has 0 aromatic heterocycles. The Bertz CT molecular complexity index is 253. The van der Waals surface area contributed by atoms with E-state index >= 15 is 0 Å². The fourth-order valence-corrected chi connectivity index (χ4v) is 0.816. The van der Waals surface area contributed by atoms with Crippen LogP contribution in [-0.2, 0) is 9.59 Å². The van der Waals surface area contributed by atoms with E-state index in [1.165, 1.54) is 0 Å². The largest absolute Gasteiger partial charge is 0.394 e. The molecular weight excluding hydrogens is 280 g/mol. The molecule has 0 aromatic carbocycles. The van der Waals surface area contributed by atoms with Crippen LogP contribution in [0.4, 0.5) is 0 Å². The molecule has 10 nitrogen and oxygen atoms in total. The van der Waals surface area contributed by atoms with Gasteiger partial charge in [0.15, 0.2) is 11.6 Å². The lowest BCUT2D eigenvalue weighted by molar-refractivity contribution is -0.137. The Morgan fingerprint density at radius 3 is 1.05 bits per heavy atom. The second-order valence-electron chi connectivity index (χ2n) is 3.64. The Morgan fingerprint density at radius 2 is 0.900 bits per heavy atom. The van der Waals surface area contributed by atoms with E-state index in [2.05, 4.69) is 0 Å². The van der Waals surface area contributed by atoms with Crippen molar-refractivity contribution in [3.63, 3.8) is 0 Å². The summed E-state index contributed by atoms with van der Waals surface area (Å²) in [5.41, 5.74) is 0. The van der Waals surface area contributed by atoms with Crippen molar-refractivity contribution in [3.05, 3.63) is 0 Å². The molecule has 120 valence electrons. The number of carbonyl (C=O) groups excluding carboxylic acids is 2. The minimum atomic E-state index is -1.69. The van der Waals surface area contributed by atoms with Crippen molar-refractivity contribution >= 4 is 11.6 Å². The van der Waals surface area contributed by atoms with Gasteiger partial charge in [0.1, 0.15) is 37.6 Å². The van der Waals surface area contributed by atoms with E-state index in [0.29, 0.717) is 0 Å². The first-order chi connectivity index (χ1) is 9.26. The molecule has 0 unspecified atom stereocenters. The monoisotopic (exact) mass is 300 g/mol. The molecule has 0 saturated heterocycles. The SMILES string of the molecule is O=C(CO)[C@@H](O)[C@H](O)CO.O=C(CO)[C@H](O)[C@H](O)CO. The first-order valence-electron chi connectivity index (χ1n) is 5.47. The lowest BCUT2D eigenvalue weighted by Gasteiger charge is -2.11. The first kappa shape index (κ1) is 21.3. The van der Waals surface area contributed by atoms with Gasteiger partial charge in [-0.1, -0.05) is 0 Å². The van der Waals surface area contributed by atoms with Crippen LogP contribution >= 0.6 is 0 Å². The predicted molar refractivity (Wildman–Crippen MR) is 62.4 cm³/mol. The van der Waals surface area contributed by atoms with Crippen LogP contribution in [0.15, 0.2) is 0 Å². The zero-order valence-electron chi connectivity index (χ0n) is 10.5. The fourth-order valence-electron chi connectivity index (χ4n) is 0.816. The van der Waals surface area contributed by atoms with Gasteiger partial charge in [0.25, 0.3) is 0 Å². The van der Waals surface area contributed by atoms with Gasteiger partial charge in [0.05, 0.1) is 13.2 Å². The van der Waals surface area contributed by atoms with E-state index in [4.69, 9.17) is 40.9 Å².